The minimum atomic E-state index is 0.361. The highest BCUT2D eigenvalue weighted by atomic mass is 16.7. The van der Waals surface area contributed by atoms with Gasteiger partial charge in [0.05, 0.1) is 0 Å². The Hall–Kier alpha value is -1.44. The first-order valence-electron chi connectivity index (χ1n) is 6.39. The molecule has 0 N–H and O–H groups in total. The number of hydrogen-bond acceptors (Lipinski definition) is 2. The maximum absolute atomic E-state index is 5.37. The van der Waals surface area contributed by atoms with E-state index in [1.165, 1.54) is 31.2 Å². The van der Waals surface area contributed by atoms with Crippen molar-refractivity contribution in [3.8, 4) is 11.5 Å². The van der Waals surface area contributed by atoms with Gasteiger partial charge in [0.1, 0.15) is 0 Å². The molecule has 0 spiro atoms. The summed E-state index contributed by atoms with van der Waals surface area (Å²) in [4.78, 5) is 0. The van der Waals surface area contributed by atoms with Crippen molar-refractivity contribution in [2.75, 3.05) is 6.79 Å². The van der Waals surface area contributed by atoms with Crippen molar-refractivity contribution in [2.24, 2.45) is 0 Å². The summed E-state index contributed by atoms with van der Waals surface area (Å²) in [6.45, 7) is 4.10. The van der Waals surface area contributed by atoms with Crippen LogP contribution in [0.2, 0.25) is 0 Å². The maximum Gasteiger partial charge on any atom is 0.231 e. The Kier molecular flexibility index (Phi) is 4.48. The summed E-state index contributed by atoms with van der Waals surface area (Å²) in [5, 5.41) is 0. The predicted octanol–water partition coefficient (Wildman–Crippen LogP) is 4.09. The van der Waals surface area contributed by atoms with E-state index in [0.717, 1.165) is 24.3 Å². The average molecular weight is 232 g/mol. The molecule has 1 aliphatic heterocycles. The van der Waals surface area contributed by atoms with Crippen LogP contribution in [0.15, 0.2) is 30.9 Å². The van der Waals surface area contributed by atoms with Crippen LogP contribution in [-0.2, 0) is 6.42 Å². The molecule has 1 aromatic rings. The highest BCUT2D eigenvalue weighted by molar-refractivity contribution is 5.44. The third kappa shape index (κ3) is 3.52. The molecule has 0 saturated heterocycles. The number of hydrogen-bond donors (Lipinski definition) is 0. The zero-order valence-electron chi connectivity index (χ0n) is 10.3. The van der Waals surface area contributed by atoms with Crippen LogP contribution in [-0.4, -0.2) is 6.79 Å². The molecule has 1 heterocycles. The minimum Gasteiger partial charge on any atom is -0.454 e. The molecule has 0 atom stereocenters. The van der Waals surface area contributed by atoms with Gasteiger partial charge < -0.3 is 9.47 Å². The lowest BCUT2D eigenvalue weighted by Gasteiger charge is -2.03. The van der Waals surface area contributed by atoms with Gasteiger partial charge in [0.2, 0.25) is 6.79 Å². The van der Waals surface area contributed by atoms with Crippen LogP contribution in [0.4, 0.5) is 0 Å². The van der Waals surface area contributed by atoms with Gasteiger partial charge >= 0.3 is 0 Å². The molecule has 1 aliphatic rings. The van der Waals surface area contributed by atoms with Crippen molar-refractivity contribution in [2.45, 2.75) is 38.5 Å². The van der Waals surface area contributed by atoms with E-state index in [9.17, 15) is 0 Å². The molecule has 0 aromatic heterocycles. The number of rotatable bonds is 7. The Morgan fingerprint density at radius 3 is 2.76 bits per heavy atom. The van der Waals surface area contributed by atoms with E-state index < -0.39 is 0 Å². The van der Waals surface area contributed by atoms with E-state index in [2.05, 4.69) is 18.7 Å². The molecule has 0 saturated carbocycles. The SMILES string of the molecule is C=CCCCCCCc1ccc2c(c1)OCO2. The molecule has 0 amide bonds. The van der Waals surface area contributed by atoms with Gasteiger partial charge in [0.15, 0.2) is 11.5 Å². The predicted molar refractivity (Wildman–Crippen MR) is 69.6 cm³/mol. The third-order valence-electron chi connectivity index (χ3n) is 3.06. The van der Waals surface area contributed by atoms with Crippen LogP contribution >= 0.6 is 0 Å². The lowest BCUT2D eigenvalue weighted by atomic mass is 10.0. The molecule has 0 unspecified atom stereocenters. The molecule has 0 aliphatic carbocycles. The fraction of sp³-hybridized carbons (Fsp3) is 0.467. The molecular formula is C15H20O2. The Balaban J connectivity index is 1.70. The highest BCUT2D eigenvalue weighted by Gasteiger charge is 2.12. The van der Waals surface area contributed by atoms with Crippen LogP contribution in [0.1, 0.15) is 37.7 Å². The summed E-state index contributed by atoms with van der Waals surface area (Å²) >= 11 is 0. The third-order valence-corrected chi connectivity index (χ3v) is 3.06. The highest BCUT2D eigenvalue weighted by Crippen LogP contribution is 2.32. The first-order chi connectivity index (χ1) is 8.40. The molecule has 2 rings (SSSR count). The fourth-order valence-corrected chi connectivity index (χ4v) is 2.07. The average Bonchev–Trinajstić information content (AvgIpc) is 2.81. The Labute approximate surface area is 103 Å². The molecule has 0 fully saturated rings. The van der Waals surface area contributed by atoms with Gasteiger partial charge in [-0.2, -0.15) is 0 Å². The second kappa shape index (κ2) is 6.33. The smallest absolute Gasteiger partial charge is 0.231 e. The van der Waals surface area contributed by atoms with Crippen molar-refractivity contribution in [1.29, 1.82) is 0 Å². The molecule has 1 aromatic carbocycles. The standard InChI is InChI=1S/C15H20O2/c1-2-3-4-5-6-7-8-13-9-10-14-15(11-13)17-12-16-14/h2,9-11H,1,3-8,12H2. The number of aryl methyl sites for hydroxylation is 1. The number of fused-ring (bicyclic) bond motifs is 1. The second-order valence-electron chi connectivity index (χ2n) is 4.43. The van der Waals surface area contributed by atoms with Crippen molar-refractivity contribution < 1.29 is 9.47 Å². The number of allylic oxidation sites excluding steroid dienone is 1. The summed E-state index contributed by atoms with van der Waals surface area (Å²) < 4.78 is 10.7. The monoisotopic (exact) mass is 232 g/mol. The van der Waals surface area contributed by atoms with E-state index in [0.29, 0.717) is 6.79 Å². The summed E-state index contributed by atoms with van der Waals surface area (Å²) in [5.41, 5.74) is 1.35. The maximum atomic E-state index is 5.37. The van der Waals surface area contributed by atoms with E-state index in [4.69, 9.17) is 9.47 Å². The summed E-state index contributed by atoms with van der Waals surface area (Å²) in [6.07, 6.45) is 9.38. The van der Waals surface area contributed by atoms with Gasteiger partial charge in [-0.15, -0.1) is 6.58 Å². The lowest BCUT2D eigenvalue weighted by molar-refractivity contribution is 0.174. The van der Waals surface area contributed by atoms with E-state index in [1.807, 2.05) is 12.1 Å². The first-order valence-corrected chi connectivity index (χ1v) is 6.39. The van der Waals surface area contributed by atoms with E-state index in [-0.39, 0.29) is 0 Å². The normalized spacial score (nSPS) is 12.7. The molecule has 17 heavy (non-hydrogen) atoms. The van der Waals surface area contributed by atoms with Gasteiger partial charge in [0, 0.05) is 0 Å². The molecular weight excluding hydrogens is 212 g/mol. The Bertz CT molecular complexity index is 371. The Morgan fingerprint density at radius 1 is 1.06 bits per heavy atom. The van der Waals surface area contributed by atoms with Crippen LogP contribution in [0.5, 0.6) is 11.5 Å². The second-order valence-corrected chi connectivity index (χ2v) is 4.43. The Morgan fingerprint density at radius 2 is 1.88 bits per heavy atom. The fourth-order valence-electron chi connectivity index (χ4n) is 2.07. The van der Waals surface area contributed by atoms with Crippen molar-refractivity contribution in [1.82, 2.24) is 0 Å². The van der Waals surface area contributed by atoms with Crippen molar-refractivity contribution in [3.63, 3.8) is 0 Å². The molecule has 0 radical (unpaired) electrons. The zero-order chi connectivity index (χ0) is 11.9. The number of ether oxygens (including phenoxy) is 2. The van der Waals surface area contributed by atoms with Gasteiger partial charge in [-0.3, -0.25) is 0 Å². The molecule has 92 valence electrons. The van der Waals surface area contributed by atoms with Crippen LogP contribution < -0.4 is 9.47 Å². The van der Waals surface area contributed by atoms with E-state index in [1.54, 1.807) is 0 Å². The summed E-state index contributed by atoms with van der Waals surface area (Å²) in [6, 6.07) is 6.25. The van der Waals surface area contributed by atoms with Gasteiger partial charge in [-0.25, -0.2) is 0 Å². The first kappa shape index (κ1) is 12.0. The number of unbranched alkanes of at least 4 members (excludes halogenated alkanes) is 4. The summed E-state index contributed by atoms with van der Waals surface area (Å²) in [7, 11) is 0. The van der Waals surface area contributed by atoms with Crippen molar-refractivity contribution >= 4 is 0 Å². The van der Waals surface area contributed by atoms with E-state index >= 15 is 0 Å². The quantitative estimate of drug-likeness (QED) is 0.520. The minimum absolute atomic E-state index is 0.361. The largest absolute Gasteiger partial charge is 0.454 e. The topological polar surface area (TPSA) is 18.5 Å². The van der Waals surface area contributed by atoms with Crippen LogP contribution in [0.3, 0.4) is 0 Å². The number of benzene rings is 1. The van der Waals surface area contributed by atoms with Gasteiger partial charge in [-0.1, -0.05) is 25.0 Å². The zero-order valence-corrected chi connectivity index (χ0v) is 10.3. The van der Waals surface area contributed by atoms with Gasteiger partial charge in [-0.05, 0) is 43.4 Å². The molecule has 0 bridgehead atoms. The van der Waals surface area contributed by atoms with Crippen LogP contribution in [0, 0.1) is 0 Å². The van der Waals surface area contributed by atoms with Crippen LogP contribution in [0.25, 0.3) is 0 Å². The summed E-state index contributed by atoms with van der Waals surface area (Å²) in [5.74, 6) is 1.77. The van der Waals surface area contributed by atoms with Gasteiger partial charge in [0.25, 0.3) is 0 Å². The molecule has 2 heteroatoms. The molecule has 2 nitrogen and oxygen atoms in total. The lowest BCUT2D eigenvalue weighted by Crippen LogP contribution is -1.93. The van der Waals surface area contributed by atoms with Crippen molar-refractivity contribution in [3.05, 3.63) is 36.4 Å².